The van der Waals surface area contributed by atoms with Crippen LogP contribution in [0.2, 0.25) is 0 Å². The van der Waals surface area contributed by atoms with Gasteiger partial charge >= 0.3 is 0 Å². The summed E-state index contributed by atoms with van der Waals surface area (Å²) in [4.78, 5) is 12.8. The van der Waals surface area contributed by atoms with Crippen LogP contribution in [0, 0.1) is 20.8 Å². The number of benzene rings is 1. The molecule has 0 unspecified atom stereocenters. The quantitative estimate of drug-likeness (QED) is 0.886. The molecule has 2 heterocycles. The second-order valence-electron chi connectivity index (χ2n) is 6.99. The number of rotatable bonds is 5. The number of ether oxygens (including phenoxy) is 2. The maximum atomic E-state index is 12.8. The molecule has 2 aromatic rings. The average Bonchev–Trinajstić information content (AvgIpc) is 2.92. The van der Waals surface area contributed by atoms with Crippen molar-refractivity contribution in [3.8, 4) is 5.75 Å². The number of para-hydroxylation sites is 1. The summed E-state index contributed by atoms with van der Waals surface area (Å²) in [5.41, 5.74) is 2.48. The first-order valence-electron chi connectivity index (χ1n) is 9.04. The Bertz CT molecular complexity index is 787. The summed E-state index contributed by atoms with van der Waals surface area (Å²) in [6, 6.07) is 8.05. The molecule has 1 fully saturated rings. The Kier molecular flexibility index (Phi) is 5.37. The second kappa shape index (κ2) is 7.54. The van der Waals surface area contributed by atoms with Gasteiger partial charge in [-0.25, -0.2) is 0 Å². The molecule has 26 heavy (non-hydrogen) atoms. The van der Waals surface area contributed by atoms with Crippen molar-refractivity contribution in [1.82, 2.24) is 5.32 Å². The Labute approximate surface area is 154 Å². The third kappa shape index (κ3) is 3.36. The minimum Gasteiger partial charge on any atom is -0.496 e. The molecule has 5 nitrogen and oxygen atoms in total. The molecule has 1 saturated heterocycles. The van der Waals surface area contributed by atoms with Gasteiger partial charge in [0.15, 0.2) is 0 Å². The molecule has 0 spiro atoms. The fourth-order valence-electron chi connectivity index (χ4n) is 3.85. The molecular formula is C21H27NO4. The number of methoxy groups -OCH3 is 1. The predicted molar refractivity (Wildman–Crippen MR) is 100.0 cm³/mol. The van der Waals surface area contributed by atoms with Crippen LogP contribution in [-0.4, -0.2) is 32.8 Å². The third-order valence-corrected chi connectivity index (χ3v) is 5.50. The number of carbonyl (C=O) groups excluding carboxylic acids is 1. The number of furan rings is 1. The highest BCUT2D eigenvalue weighted by Gasteiger charge is 2.37. The standard InChI is InChI=1S/C21H27NO4/c1-14-15(2)26-16(3)19(14)20(23)22-13-21(9-11-25-12-10-21)17-7-5-6-8-18(17)24-4/h5-8H,9-13H2,1-4H3,(H,22,23). The SMILES string of the molecule is COc1ccccc1C1(CNC(=O)c2c(C)oc(C)c2C)CCOCC1. The van der Waals surface area contributed by atoms with E-state index in [1.54, 1.807) is 7.11 Å². The summed E-state index contributed by atoms with van der Waals surface area (Å²) in [5.74, 6) is 2.22. The minimum atomic E-state index is -0.193. The van der Waals surface area contributed by atoms with Gasteiger partial charge < -0.3 is 19.2 Å². The summed E-state index contributed by atoms with van der Waals surface area (Å²) in [7, 11) is 1.69. The van der Waals surface area contributed by atoms with Gasteiger partial charge in [0.1, 0.15) is 17.3 Å². The Morgan fingerprint density at radius 2 is 1.85 bits per heavy atom. The zero-order valence-electron chi connectivity index (χ0n) is 16.0. The zero-order chi connectivity index (χ0) is 18.7. The van der Waals surface area contributed by atoms with E-state index in [1.807, 2.05) is 39.0 Å². The van der Waals surface area contributed by atoms with E-state index in [0.29, 0.717) is 31.1 Å². The number of hydrogen-bond donors (Lipinski definition) is 1. The first-order valence-corrected chi connectivity index (χ1v) is 9.04. The maximum absolute atomic E-state index is 12.8. The first kappa shape index (κ1) is 18.5. The van der Waals surface area contributed by atoms with Gasteiger partial charge in [-0.1, -0.05) is 18.2 Å². The molecule has 0 atom stereocenters. The molecule has 1 amide bonds. The molecule has 0 saturated carbocycles. The van der Waals surface area contributed by atoms with Crippen LogP contribution in [0.3, 0.4) is 0 Å². The molecule has 5 heteroatoms. The summed E-state index contributed by atoms with van der Waals surface area (Å²) in [6.07, 6.45) is 1.69. The molecule has 1 N–H and O–H groups in total. The maximum Gasteiger partial charge on any atom is 0.255 e. The van der Waals surface area contributed by atoms with Gasteiger partial charge in [0.25, 0.3) is 5.91 Å². The van der Waals surface area contributed by atoms with E-state index >= 15 is 0 Å². The van der Waals surface area contributed by atoms with Gasteiger partial charge in [0.2, 0.25) is 0 Å². The fraction of sp³-hybridized carbons (Fsp3) is 0.476. The number of carbonyl (C=O) groups is 1. The molecule has 1 aromatic carbocycles. The molecule has 1 aliphatic heterocycles. The summed E-state index contributed by atoms with van der Waals surface area (Å²) in [5, 5.41) is 3.14. The summed E-state index contributed by atoms with van der Waals surface area (Å²) in [6.45, 7) is 7.53. The van der Waals surface area contributed by atoms with E-state index in [4.69, 9.17) is 13.9 Å². The Hall–Kier alpha value is -2.27. The van der Waals surface area contributed by atoms with Crippen LogP contribution >= 0.6 is 0 Å². The summed E-state index contributed by atoms with van der Waals surface area (Å²) < 4.78 is 16.8. The zero-order valence-corrected chi connectivity index (χ0v) is 16.0. The van der Waals surface area contributed by atoms with Gasteiger partial charge in [-0.2, -0.15) is 0 Å². The van der Waals surface area contributed by atoms with Gasteiger partial charge in [-0.15, -0.1) is 0 Å². The normalized spacial score (nSPS) is 16.3. The minimum absolute atomic E-state index is 0.0855. The molecule has 0 radical (unpaired) electrons. The lowest BCUT2D eigenvalue weighted by atomic mass is 9.73. The van der Waals surface area contributed by atoms with Crippen molar-refractivity contribution in [3.63, 3.8) is 0 Å². The van der Waals surface area contributed by atoms with Crippen molar-refractivity contribution in [3.05, 3.63) is 52.5 Å². The third-order valence-electron chi connectivity index (χ3n) is 5.50. The van der Waals surface area contributed by atoms with Gasteiger partial charge in [0, 0.05) is 36.3 Å². The molecule has 0 bridgehead atoms. The molecule has 1 aliphatic rings. The van der Waals surface area contributed by atoms with Crippen molar-refractivity contribution in [1.29, 1.82) is 0 Å². The van der Waals surface area contributed by atoms with Crippen molar-refractivity contribution in [2.45, 2.75) is 39.0 Å². The lowest BCUT2D eigenvalue weighted by Crippen LogP contribution is -2.45. The smallest absolute Gasteiger partial charge is 0.255 e. The van der Waals surface area contributed by atoms with Crippen LogP contribution < -0.4 is 10.1 Å². The Morgan fingerprint density at radius 1 is 1.15 bits per heavy atom. The van der Waals surface area contributed by atoms with Gasteiger partial charge in [-0.3, -0.25) is 4.79 Å². The van der Waals surface area contributed by atoms with Crippen LogP contribution in [0.4, 0.5) is 0 Å². The van der Waals surface area contributed by atoms with Crippen molar-refractivity contribution < 1.29 is 18.7 Å². The Morgan fingerprint density at radius 3 is 2.46 bits per heavy atom. The van der Waals surface area contributed by atoms with Crippen LogP contribution in [0.25, 0.3) is 0 Å². The largest absolute Gasteiger partial charge is 0.496 e. The Balaban J connectivity index is 1.87. The highest BCUT2D eigenvalue weighted by atomic mass is 16.5. The van der Waals surface area contributed by atoms with Crippen molar-refractivity contribution in [2.24, 2.45) is 0 Å². The van der Waals surface area contributed by atoms with Crippen LogP contribution in [0.1, 0.15) is 45.8 Å². The first-order chi connectivity index (χ1) is 12.5. The van der Waals surface area contributed by atoms with E-state index in [-0.39, 0.29) is 11.3 Å². The van der Waals surface area contributed by atoms with Gasteiger partial charge in [0.05, 0.1) is 12.7 Å². The summed E-state index contributed by atoms with van der Waals surface area (Å²) >= 11 is 0. The average molecular weight is 357 g/mol. The molecule has 140 valence electrons. The second-order valence-corrected chi connectivity index (χ2v) is 6.99. The lowest BCUT2D eigenvalue weighted by molar-refractivity contribution is 0.0479. The molecule has 0 aliphatic carbocycles. The van der Waals surface area contributed by atoms with E-state index in [2.05, 4.69) is 11.4 Å². The topological polar surface area (TPSA) is 60.7 Å². The van der Waals surface area contributed by atoms with Crippen LogP contribution in [0.15, 0.2) is 28.7 Å². The van der Waals surface area contributed by atoms with E-state index < -0.39 is 0 Å². The van der Waals surface area contributed by atoms with E-state index in [1.165, 1.54) is 0 Å². The van der Waals surface area contributed by atoms with E-state index in [9.17, 15) is 4.79 Å². The van der Waals surface area contributed by atoms with Crippen LogP contribution in [-0.2, 0) is 10.2 Å². The number of hydrogen-bond acceptors (Lipinski definition) is 4. The molecule has 1 aromatic heterocycles. The number of nitrogens with one attached hydrogen (secondary N) is 1. The van der Waals surface area contributed by atoms with Crippen LogP contribution in [0.5, 0.6) is 5.75 Å². The number of aryl methyl sites for hydroxylation is 2. The molecular weight excluding hydrogens is 330 g/mol. The number of amides is 1. The monoisotopic (exact) mass is 357 g/mol. The highest BCUT2D eigenvalue weighted by Crippen LogP contribution is 2.39. The van der Waals surface area contributed by atoms with Crippen molar-refractivity contribution in [2.75, 3.05) is 26.9 Å². The van der Waals surface area contributed by atoms with E-state index in [0.717, 1.165) is 35.5 Å². The van der Waals surface area contributed by atoms with Crippen molar-refractivity contribution >= 4 is 5.91 Å². The molecule has 3 rings (SSSR count). The predicted octanol–water partition coefficient (Wildman–Crippen LogP) is 3.69. The lowest BCUT2D eigenvalue weighted by Gasteiger charge is -2.38. The fourth-order valence-corrected chi connectivity index (χ4v) is 3.85. The van der Waals surface area contributed by atoms with Gasteiger partial charge in [-0.05, 0) is 39.7 Å². The highest BCUT2D eigenvalue weighted by molar-refractivity contribution is 5.96.